The number of carbonyl (C=O) groups excluding carboxylic acids is 1. The Morgan fingerprint density at radius 3 is 2.50 bits per heavy atom. The second kappa shape index (κ2) is 5.81. The van der Waals surface area contributed by atoms with E-state index in [4.69, 9.17) is 0 Å². The lowest BCUT2D eigenvalue weighted by Gasteiger charge is -2.12. The van der Waals surface area contributed by atoms with Crippen LogP contribution in [0.15, 0.2) is 18.2 Å². The van der Waals surface area contributed by atoms with Crippen molar-refractivity contribution in [2.45, 2.75) is 6.18 Å². The molecule has 0 saturated carbocycles. The standard InChI is InChI=1S/C11H10F4O3/c1-17-5-6-18-10(16)9-7(11(13,14)15)3-2-4-8(9)12/h2-4H,5-6H2,1H3. The molecule has 18 heavy (non-hydrogen) atoms. The highest BCUT2D eigenvalue weighted by molar-refractivity contribution is 5.91. The van der Waals surface area contributed by atoms with E-state index in [1.165, 1.54) is 7.11 Å². The predicted octanol–water partition coefficient (Wildman–Crippen LogP) is 2.65. The van der Waals surface area contributed by atoms with Crippen molar-refractivity contribution in [2.24, 2.45) is 0 Å². The van der Waals surface area contributed by atoms with Gasteiger partial charge in [0.2, 0.25) is 0 Å². The van der Waals surface area contributed by atoms with Gasteiger partial charge in [-0.1, -0.05) is 6.07 Å². The number of benzene rings is 1. The number of hydrogen-bond acceptors (Lipinski definition) is 3. The number of hydrogen-bond donors (Lipinski definition) is 0. The Morgan fingerprint density at radius 2 is 1.94 bits per heavy atom. The van der Waals surface area contributed by atoms with Crippen molar-refractivity contribution in [2.75, 3.05) is 20.3 Å². The molecule has 0 aliphatic rings. The molecular weight excluding hydrogens is 256 g/mol. The lowest BCUT2D eigenvalue weighted by molar-refractivity contribution is -0.138. The lowest BCUT2D eigenvalue weighted by Crippen LogP contribution is -2.18. The molecule has 100 valence electrons. The summed E-state index contributed by atoms with van der Waals surface area (Å²) in [5.41, 5.74) is -2.47. The molecule has 0 saturated heterocycles. The Labute approximate surface area is 100 Å². The topological polar surface area (TPSA) is 35.5 Å². The number of alkyl halides is 3. The predicted molar refractivity (Wildman–Crippen MR) is 53.6 cm³/mol. The number of methoxy groups -OCH3 is 1. The van der Waals surface area contributed by atoms with Crippen LogP contribution < -0.4 is 0 Å². The quantitative estimate of drug-likeness (QED) is 0.477. The third-order valence-electron chi connectivity index (χ3n) is 2.04. The van der Waals surface area contributed by atoms with Gasteiger partial charge in [0.05, 0.1) is 12.2 Å². The molecule has 0 aromatic heterocycles. The molecule has 1 rings (SSSR count). The molecule has 0 fully saturated rings. The molecule has 0 atom stereocenters. The van der Waals surface area contributed by atoms with Crippen molar-refractivity contribution in [1.29, 1.82) is 0 Å². The zero-order chi connectivity index (χ0) is 13.8. The van der Waals surface area contributed by atoms with Crippen LogP contribution in [0.3, 0.4) is 0 Å². The largest absolute Gasteiger partial charge is 0.460 e. The number of carbonyl (C=O) groups is 1. The van der Waals surface area contributed by atoms with Gasteiger partial charge in [-0.15, -0.1) is 0 Å². The molecule has 0 unspecified atom stereocenters. The van der Waals surface area contributed by atoms with Crippen LogP contribution in [0.4, 0.5) is 17.6 Å². The summed E-state index contributed by atoms with van der Waals surface area (Å²) in [6.45, 7) is -0.234. The maximum absolute atomic E-state index is 13.3. The molecule has 0 amide bonds. The highest BCUT2D eigenvalue weighted by atomic mass is 19.4. The Morgan fingerprint density at radius 1 is 1.28 bits per heavy atom. The van der Waals surface area contributed by atoms with Crippen LogP contribution in [0.2, 0.25) is 0 Å². The zero-order valence-electron chi connectivity index (χ0n) is 9.38. The van der Waals surface area contributed by atoms with Crippen LogP contribution >= 0.6 is 0 Å². The van der Waals surface area contributed by atoms with Crippen molar-refractivity contribution < 1.29 is 31.8 Å². The molecule has 0 bridgehead atoms. The Bertz CT molecular complexity index is 429. The van der Waals surface area contributed by atoms with Crippen LogP contribution in [0.1, 0.15) is 15.9 Å². The molecule has 0 N–H and O–H groups in total. The third kappa shape index (κ3) is 3.43. The second-order valence-corrected chi connectivity index (χ2v) is 3.29. The van der Waals surface area contributed by atoms with E-state index in [0.717, 1.165) is 12.1 Å². The number of halogens is 4. The van der Waals surface area contributed by atoms with Crippen molar-refractivity contribution in [3.8, 4) is 0 Å². The van der Waals surface area contributed by atoms with Crippen LogP contribution in [-0.4, -0.2) is 26.3 Å². The molecule has 0 aliphatic carbocycles. The third-order valence-corrected chi connectivity index (χ3v) is 2.04. The van der Waals surface area contributed by atoms with Gasteiger partial charge in [-0.2, -0.15) is 13.2 Å². The SMILES string of the molecule is COCCOC(=O)c1c(F)cccc1C(F)(F)F. The molecular formula is C11H10F4O3. The highest BCUT2D eigenvalue weighted by Crippen LogP contribution is 2.33. The minimum atomic E-state index is -4.82. The lowest BCUT2D eigenvalue weighted by atomic mass is 10.1. The highest BCUT2D eigenvalue weighted by Gasteiger charge is 2.37. The van der Waals surface area contributed by atoms with Gasteiger partial charge in [0, 0.05) is 7.11 Å². The van der Waals surface area contributed by atoms with E-state index in [1.807, 2.05) is 0 Å². The van der Waals surface area contributed by atoms with Crippen LogP contribution in [0.5, 0.6) is 0 Å². The summed E-state index contributed by atoms with van der Waals surface area (Å²) in [7, 11) is 1.33. The fourth-order valence-electron chi connectivity index (χ4n) is 1.26. The van der Waals surface area contributed by atoms with Gasteiger partial charge < -0.3 is 9.47 Å². The smallest absolute Gasteiger partial charge is 0.417 e. The molecule has 0 radical (unpaired) electrons. The number of esters is 1. The Hall–Kier alpha value is -1.63. The molecule has 0 heterocycles. The monoisotopic (exact) mass is 266 g/mol. The second-order valence-electron chi connectivity index (χ2n) is 3.29. The van der Waals surface area contributed by atoms with Crippen LogP contribution in [0.25, 0.3) is 0 Å². The summed E-state index contributed by atoms with van der Waals surface area (Å²) in [6.07, 6.45) is -4.82. The zero-order valence-corrected chi connectivity index (χ0v) is 9.38. The molecule has 1 aromatic rings. The summed E-state index contributed by atoms with van der Waals surface area (Å²) in [6, 6.07) is 2.27. The fourth-order valence-corrected chi connectivity index (χ4v) is 1.26. The van der Waals surface area contributed by atoms with Crippen molar-refractivity contribution in [1.82, 2.24) is 0 Å². The van der Waals surface area contributed by atoms with E-state index < -0.39 is 29.1 Å². The van der Waals surface area contributed by atoms with Gasteiger partial charge in [-0.25, -0.2) is 9.18 Å². The summed E-state index contributed by atoms with van der Waals surface area (Å²) >= 11 is 0. The van der Waals surface area contributed by atoms with Gasteiger partial charge in [-0.3, -0.25) is 0 Å². The van der Waals surface area contributed by atoms with Gasteiger partial charge in [-0.05, 0) is 12.1 Å². The first-order valence-corrected chi connectivity index (χ1v) is 4.89. The molecule has 7 heteroatoms. The first kappa shape index (κ1) is 14.4. The van der Waals surface area contributed by atoms with Crippen LogP contribution in [0, 0.1) is 5.82 Å². The van der Waals surface area contributed by atoms with E-state index in [0.29, 0.717) is 6.07 Å². The maximum atomic E-state index is 13.3. The van der Waals surface area contributed by atoms with E-state index in [1.54, 1.807) is 0 Å². The van der Waals surface area contributed by atoms with Crippen molar-refractivity contribution in [3.05, 3.63) is 35.1 Å². The first-order valence-electron chi connectivity index (χ1n) is 4.89. The molecule has 1 aromatic carbocycles. The summed E-state index contributed by atoms with van der Waals surface area (Å²) in [5.74, 6) is -2.63. The van der Waals surface area contributed by atoms with E-state index in [2.05, 4.69) is 9.47 Å². The minimum absolute atomic E-state index is 0.0154. The minimum Gasteiger partial charge on any atom is -0.460 e. The van der Waals surface area contributed by atoms with E-state index in [9.17, 15) is 22.4 Å². The maximum Gasteiger partial charge on any atom is 0.417 e. The summed E-state index contributed by atoms with van der Waals surface area (Å²) in [4.78, 5) is 11.4. The van der Waals surface area contributed by atoms with Gasteiger partial charge in [0.1, 0.15) is 18.0 Å². The van der Waals surface area contributed by atoms with Crippen LogP contribution in [-0.2, 0) is 15.7 Å². The van der Waals surface area contributed by atoms with Gasteiger partial charge >= 0.3 is 12.1 Å². The molecule has 0 spiro atoms. The average Bonchev–Trinajstić information content (AvgIpc) is 2.27. The van der Waals surface area contributed by atoms with Crippen molar-refractivity contribution in [3.63, 3.8) is 0 Å². The normalized spacial score (nSPS) is 11.4. The average molecular weight is 266 g/mol. The number of ether oxygens (including phenoxy) is 2. The Balaban J connectivity index is 3.03. The van der Waals surface area contributed by atoms with E-state index >= 15 is 0 Å². The summed E-state index contributed by atoms with van der Waals surface area (Å²) in [5, 5.41) is 0. The van der Waals surface area contributed by atoms with Gasteiger partial charge in [0.15, 0.2) is 0 Å². The molecule has 3 nitrogen and oxygen atoms in total. The first-order chi connectivity index (χ1) is 8.38. The van der Waals surface area contributed by atoms with Crippen molar-refractivity contribution >= 4 is 5.97 Å². The number of rotatable bonds is 4. The fraction of sp³-hybridized carbons (Fsp3) is 0.364. The summed E-state index contributed by atoms with van der Waals surface area (Å²) < 4.78 is 60.1. The van der Waals surface area contributed by atoms with Gasteiger partial charge in [0.25, 0.3) is 0 Å². The molecule has 0 aliphatic heterocycles. The van der Waals surface area contributed by atoms with E-state index in [-0.39, 0.29) is 13.2 Å². The Kier molecular flexibility index (Phi) is 4.66.